The van der Waals surface area contributed by atoms with E-state index in [4.69, 9.17) is 23.2 Å². The maximum Gasteiger partial charge on any atom is 0.317 e. The second kappa shape index (κ2) is 7.80. The van der Waals surface area contributed by atoms with Crippen molar-refractivity contribution in [3.8, 4) is 0 Å². The van der Waals surface area contributed by atoms with E-state index in [1.54, 1.807) is 18.2 Å². The van der Waals surface area contributed by atoms with E-state index in [1.807, 2.05) is 11.6 Å². The van der Waals surface area contributed by atoms with E-state index in [0.717, 1.165) is 18.7 Å². The molecule has 1 unspecified atom stereocenters. The molecule has 3 rings (SSSR count). The summed E-state index contributed by atoms with van der Waals surface area (Å²) in [6.07, 6.45) is 3.33. The molecule has 1 aromatic heterocycles. The van der Waals surface area contributed by atoms with Crippen molar-refractivity contribution in [2.75, 3.05) is 13.1 Å². The average Bonchev–Trinajstić information content (AvgIpc) is 3.04. The summed E-state index contributed by atoms with van der Waals surface area (Å²) >= 11 is 11.8. The van der Waals surface area contributed by atoms with Gasteiger partial charge >= 0.3 is 6.03 Å². The molecule has 1 N–H and O–H groups in total. The summed E-state index contributed by atoms with van der Waals surface area (Å²) in [4.78, 5) is 14.3. The van der Waals surface area contributed by atoms with Crippen LogP contribution in [0.1, 0.15) is 43.1 Å². The number of hydrogen-bond donors (Lipinski definition) is 1. The second-order valence-corrected chi connectivity index (χ2v) is 7.33. The van der Waals surface area contributed by atoms with Crippen LogP contribution in [-0.4, -0.2) is 38.8 Å². The van der Waals surface area contributed by atoms with Crippen molar-refractivity contribution in [1.82, 2.24) is 25.0 Å². The normalized spacial score (nSPS) is 16.6. The maximum atomic E-state index is 13.7. The smallest absolute Gasteiger partial charge is 0.317 e. The lowest BCUT2D eigenvalue weighted by atomic mass is 9.96. The molecule has 1 aromatic carbocycles. The number of hydrogen-bond acceptors (Lipinski definition) is 3. The number of nitrogens with zero attached hydrogens (tertiary/aromatic N) is 4. The van der Waals surface area contributed by atoms with Crippen molar-refractivity contribution in [2.24, 2.45) is 7.05 Å². The highest BCUT2D eigenvalue weighted by Gasteiger charge is 2.27. The van der Waals surface area contributed by atoms with Crippen LogP contribution in [0.15, 0.2) is 18.5 Å². The number of rotatable bonds is 3. The standard InChI is InChI=1S/C17H20Cl2FN5O/c1-10(12-7-15(20)14(19)8-13(12)18)22-17(26)25-5-3-11(4-6-25)16-23-21-9-24(16)2/h7-11H,3-6H2,1-2H3,(H,22,26). The van der Waals surface area contributed by atoms with Crippen molar-refractivity contribution in [2.45, 2.75) is 31.7 Å². The van der Waals surface area contributed by atoms with Crippen molar-refractivity contribution in [1.29, 1.82) is 0 Å². The Balaban J connectivity index is 1.59. The molecule has 2 heterocycles. The van der Waals surface area contributed by atoms with Crippen LogP contribution in [0.2, 0.25) is 10.0 Å². The van der Waals surface area contributed by atoms with Gasteiger partial charge in [-0.1, -0.05) is 23.2 Å². The lowest BCUT2D eigenvalue weighted by Crippen LogP contribution is -2.45. The molecule has 0 aliphatic carbocycles. The van der Waals surface area contributed by atoms with Gasteiger partial charge in [0.05, 0.1) is 11.1 Å². The van der Waals surface area contributed by atoms with E-state index < -0.39 is 11.9 Å². The molecule has 2 aromatic rings. The first-order valence-electron chi connectivity index (χ1n) is 8.40. The number of aromatic nitrogens is 3. The number of halogens is 3. The lowest BCUT2D eigenvalue weighted by Gasteiger charge is -2.32. The monoisotopic (exact) mass is 399 g/mol. The molecule has 1 atom stereocenters. The van der Waals surface area contributed by atoms with Gasteiger partial charge in [0.15, 0.2) is 0 Å². The quantitative estimate of drug-likeness (QED) is 0.795. The third-order valence-electron chi connectivity index (χ3n) is 4.74. The predicted octanol–water partition coefficient (Wildman–Crippen LogP) is 3.91. The Kier molecular flexibility index (Phi) is 5.67. The van der Waals surface area contributed by atoms with E-state index in [-0.39, 0.29) is 11.1 Å². The highest BCUT2D eigenvalue weighted by molar-refractivity contribution is 6.35. The summed E-state index contributed by atoms with van der Waals surface area (Å²) in [6.45, 7) is 3.01. The van der Waals surface area contributed by atoms with Crippen LogP contribution in [0.3, 0.4) is 0 Å². The van der Waals surface area contributed by atoms with E-state index in [0.29, 0.717) is 29.6 Å². The number of benzene rings is 1. The van der Waals surface area contributed by atoms with E-state index >= 15 is 0 Å². The summed E-state index contributed by atoms with van der Waals surface area (Å²) in [5.74, 6) is 0.683. The number of carbonyl (C=O) groups is 1. The second-order valence-electron chi connectivity index (χ2n) is 6.52. The maximum absolute atomic E-state index is 13.7. The van der Waals surface area contributed by atoms with E-state index in [9.17, 15) is 9.18 Å². The zero-order chi connectivity index (χ0) is 18.8. The van der Waals surface area contributed by atoms with Crippen LogP contribution in [0, 0.1) is 5.82 Å². The minimum Gasteiger partial charge on any atom is -0.331 e. The number of amides is 2. The first kappa shape index (κ1) is 18.9. The molecular formula is C17H20Cl2FN5O. The molecule has 1 aliphatic rings. The van der Waals surface area contributed by atoms with Gasteiger partial charge in [0.25, 0.3) is 0 Å². The molecule has 1 fully saturated rings. The summed E-state index contributed by atoms with van der Waals surface area (Å²) < 4.78 is 15.6. The average molecular weight is 400 g/mol. The Bertz CT molecular complexity index is 804. The van der Waals surface area contributed by atoms with Gasteiger partial charge in [-0.15, -0.1) is 10.2 Å². The molecule has 1 saturated heterocycles. The molecule has 9 heteroatoms. The molecule has 140 valence electrons. The van der Waals surface area contributed by atoms with Crippen LogP contribution in [-0.2, 0) is 7.05 Å². The molecule has 0 saturated carbocycles. The van der Waals surface area contributed by atoms with Crippen LogP contribution < -0.4 is 5.32 Å². The Morgan fingerprint density at radius 2 is 2.00 bits per heavy atom. The largest absolute Gasteiger partial charge is 0.331 e. The summed E-state index contributed by atoms with van der Waals surface area (Å²) in [7, 11) is 1.92. The van der Waals surface area contributed by atoms with Crippen molar-refractivity contribution < 1.29 is 9.18 Å². The van der Waals surface area contributed by atoms with Crippen LogP contribution in [0.4, 0.5) is 9.18 Å². The van der Waals surface area contributed by atoms with Crippen molar-refractivity contribution in [3.05, 3.63) is 45.7 Å². The molecule has 6 nitrogen and oxygen atoms in total. The first-order chi connectivity index (χ1) is 12.4. The fourth-order valence-corrected chi connectivity index (χ4v) is 3.77. The molecule has 0 radical (unpaired) electrons. The third kappa shape index (κ3) is 3.94. The van der Waals surface area contributed by atoms with Crippen molar-refractivity contribution >= 4 is 29.2 Å². The van der Waals surface area contributed by atoms with E-state index in [1.165, 1.54) is 12.1 Å². The van der Waals surface area contributed by atoms with Crippen LogP contribution in [0.25, 0.3) is 0 Å². The molecule has 0 bridgehead atoms. The zero-order valence-corrected chi connectivity index (χ0v) is 16.1. The highest BCUT2D eigenvalue weighted by Crippen LogP contribution is 2.29. The lowest BCUT2D eigenvalue weighted by molar-refractivity contribution is 0.177. The molecule has 2 amide bonds. The van der Waals surface area contributed by atoms with Gasteiger partial charge in [-0.3, -0.25) is 0 Å². The number of aryl methyl sites for hydroxylation is 1. The SMILES string of the molecule is CC(NC(=O)N1CCC(c2nncn2C)CC1)c1cc(F)c(Cl)cc1Cl. The highest BCUT2D eigenvalue weighted by atomic mass is 35.5. The Hall–Kier alpha value is -1.86. The minimum absolute atomic E-state index is 0.0388. The van der Waals surface area contributed by atoms with E-state index in [2.05, 4.69) is 15.5 Å². The minimum atomic E-state index is -0.559. The molecule has 26 heavy (non-hydrogen) atoms. The Morgan fingerprint density at radius 1 is 1.31 bits per heavy atom. The molecular weight excluding hydrogens is 380 g/mol. The van der Waals surface area contributed by atoms with Crippen molar-refractivity contribution in [3.63, 3.8) is 0 Å². The number of likely N-dealkylation sites (tertiary alicyclic amines) is 1. The fraction of sp³-hybridized carbons (Fsp3) is 0.471. The molecule has 0 spiro atoms. The number of nitrogens with one attached hydrogen (secondary N) is 1. The van der Waals surface area contributed by atoms with Gasteiger partial charge < -0.3 is 14.8 Å². The van der Waals surface area contributed by atoms with Gasteiger partial charge in [0, 0.05) is 31.1 Å². The van der Waals surface area contributed by atoms with Gasteiger partial charge in [0.1, 0.15) is 18.0 Å². The Labute approximate surface area is 161 Å². The first-order valence-corrected chi connectivity index (χ1v) is 9.16. The number of carbonyl (C=O) groups excluding carboxylic acids is 1. The van der Waals surface area contributed by atoms with Crippen LogP contribution >= 0.6 is 23.2 Å². The van der Waals surface area contributed by atoms with Crippen LogP contribution in [0.5, 0.6) is 0 Å². The van der Waals surface area contributed by atoms with Gasteiger partial charge in [-0.25, -0.2) is 9.18 Å². The number of piperidine rings is 1. The Morgan fingerprint density at radius 3 is 2.62 bits per heavy atom. The third-order valence-corrected chi connectivity index (χ3v) is 5.36. The summed E-state index contributed by atoms with van der Waals surface area (Å²) in [5.41, 5.74) is 0.496. The molecule has 1 aliphatic heterocycles. The van der Waals surface area contributed by atoms with Gasteiger partial charge in [0.2, 0.25) is 0 Å². The zero-order valence-electron chi connectivity index (χ0n) is 14.5. The topological polar surface area (TPSA) is 63.1 Å². The summed E-state index contributed by atoms with van der Waals surface area (Å²) in [6, 6.07) is 1.98. The van der Waals surface area contributed by atoms with Gasteiger partial charge in [-0.05, 0) is 37.5 Å². The predicted molar refractivity (Wildman–Crippen MR) is 97.9 cm³/mol. The fourth-order valence-electron chi connectivity index (χ4n) is 3.23. The summed E-state index contributed by atoms with van der Waals surface area (Å²) in [5, 5.41) is 11.2. The van der Waals surface area contributed by atoms with Gasteiger partial charge in [-0.2, -0.15) is 0 Å². The number of urea groups is 1.